The Kier molecular flexibility index (Phi) is 4.87. The van der Waals surface area contributed by atoms with E-state index in [9.17, 15) is 9.59 Å². The van der Waals surface area contributed by atoms with E-state index in [4.69, 9.17) is 9.15 Å². The second-order valence-corrected chi connectivity index (χ2v) is 6.70. The molecule has 2 aromatic carbocycles. The van der Waals surface area contributed by atoms with Gasteiger partial charge in [0.25, 0.3) is 5.91 Å². The van der Waals surface area contributed by atoms with Gasteiger partial charge in [-0.05, 0) is 37.6 Å². The first-order valence-electron chi connectivity index (χ1n) is 9.08. The van der Waals surface area contributed by atoms with Gasteiger partial charge in [0.2, 0.25) is 0 Å². The van der Waals surface area contributed by atoms with Crippen LogP contribution < -0.4 is 15.8 Å². The number of carbonyl (C=O) groups excluding carboxylic acids is 1. The van der Waals surface area contributed by atoms with Crippen LogP contribution in [0, 0.1) is 13.8 Å². The molecule has 0 unspecified atom stereocenters. The Labute approximate surface area is 166 Å². The molecule has 0 aliphatic rings. The average molecular weight is 389 g/mol. The smallest absolute Gasteiger partial charge is 0.336 e. The van der Waals surface area contributed by atoms with Gasteiger partial charge in [0.1, 0.15) is 11.3 Å². The highest BCUT2D eigenvalue weighted by atomic mass is 16.5. The van der Waals surface area contributed by atoms with Crippen LogP contribution >= 0.6 is 0 Å². The molecule has 29 heavy (non-hydrogen) atoms. The maximum Gasteiger partial charge on any atom is 0.336 e. The number of hydrogen-bond donors (Lipinski definition) is 2. The number of amides is 1. The lowest BCUT2D eigenvalue weighted by Crippen LogP contribution is -2.24. The van der Waals surface area contributed by atoms with Crippen molar-refractivity contribution < 1.29 is 13.9 Å². The minimum absolute atomic E-state index is 0.217. The first-order chi connectivity index (χ1) is 14.0. The van der Waals surface area contributed by atoms with Crippen molar-refractivity contribution in [1.82, 2.24) is 10.4 Å². The van der Waals surface area contributed by atoms with Crippen molar-refractivity contribution in [2.24, 2.45) is 5.10 Å². The lowest BCUT2D eigenvalue weighted by Gasteiger charge is -2.06. The third-order valence-corrected chi connectivity index (χ3v) is 4.62. The van der Waals surface area contributed by atoms with Crippen molar-refractivity contribution in [3.8, 4) is 5.75 Å². The molecule has 7 heteroatoms. The van der Waals surface area contributed by atoms with Gasteiger partial charge >= 0.3 is 5.63 Å². The lowest BCUT2D eigenvalue weighted by molar-refractivity contribution is -0.123. The van der Waals surface area contributed by atoms with E-state index in [2.05, 4.69) is 15.5 Å². The van der Waals surface area contributed by atoms with Gasteiger partial charge in [0, 0.05) is 39.7 Å². The summed E-state index contributed by atoms with van der Waals surface area (Å²) in [7, 11) is 0. The molecule has 0 fully saturated rings. The van der Waals surface area contributed by atoms with E-state index in [1.54, 1.807) is 24.4 Å². The maximum absolute atomic E-state index is 12.0. The van der Waals surface area contributed by atoms with Crippen LogP contribution in [-0.2, 0) is 4.79 Å². The summed E-state index contributed by atoms with van der Waals surface area (Å²) < 4.78 is 10.7. The van der Waals surface area contributed by atoms with Gasteiger partial charge in [0.05, 0.1) is 6.21 Å². The van der Waals surface area contributed by atoms with E-state index < -0.39 is 11.5 Å². The summed E-state index contributed by atoms with van der Waals surface area (Å²) in [6.45, 7) is 3.57. The van der Waals surface area contributed by atoms with Crippen LogP contribution in [0.25, 0.3) is 21.9 Å². The van der Waals surface area contributed by atoms with Gasteiger partial charge < -0.3 is 14.1 Å². The van der Waals surface area contributed by atoms with Gasteiger partial charge in [-0.2, -0.15) is 5.10 Å². The van der Waals surface area contributed by atoms with Crippen LogP contribution in [0.2, 0.25) is 0 Å². The molecule has 4 aromatic rings. The third-order valence-electron chi connectivity index (χ3n) is 4.62. The summed E-state index contributed by atoms with van der Waals surface area (Å²) >= 11 is 0. The lowest BCUT2D eigenvalue weighted by atomic mass is 10.1. The van der Waals surface area contributed by atoms with E-state index >= 15 is 0 Å². The average Bonchev–Trinajstić information content (AvgIpc) is 3.01. The molecular weight excluding hydrogens is 370 g/mol. The standard InChI is InChI=1S/C22H19N3O4/c1-13-9-22(27)29-20-10-15(7-8-16(13)20)28-12-21(26)25-23-11-18-14(2)24-19-6-4-3-5-17(18)19/h3-11,24H,12H2,1-2H3,(H,25,26)/b23-11+. The van der Waals surface area contributed by atoms with Crippen LogP contribution in [0.1, 0.15) is 16.8 Å². The van der Waals surface area contributed by atoms with Gasteiger partial charge in [-0.25, -0.2) is 10.2 Å². The topological polar surface area (TPSA) is 96.7 Å². The number of hydrogen-bond acceptors (Lipinski definition) is 5. The van der Waals surface area contributed by atoms with Crippen LogP contribution in [0.4, 0.5) is 0 Å². The highest BCUT2D eigenvalue weighted by Crippen LogP contribution is 2.22. The Hall–Kier alpha value is -3.87. The fourth-order valence-electron chi connectivity index (χ4n) is 3.21. The molecule has 0 aliphatic heterocycles. The summed E-state index contributed by atoms with van der Waals surface area (Å²) in [6.07, 6.45) is 1.61. The molecule has 146 valence electrons. The van der Waals surface area contributed by atoms with Crippen molar-refractivity contribution in [3.05, 3.63) is 75.8 Å². The Bertz CT molecular complexity index is 1300. The predicted octanol–water partition coefficient (Wildman–Crippen LogP) is 3.42. The fraction of sp³-hybridized carbons (Fsp3) is 0.136. The van der Waals surface area contributed by atoms with Gasteiger partial charge in [-0.1, -0.05) is 18.2 Å². The number of aromatic nitrogens is 1. The quantitative estimate of drug-likeness (QED) is 0.310. The third kappa shape index (κ3) is 3.89. The zero-order chi connectivity index (χ0) is 20.4. The number of nitrogens with one attached hydrogen (secondary N) is 2. The highest BCUT2D eigenvalue weighted by Gasteiger charge is 2.07. The fourth-order valence-corrected chi connectivity index (χ4v) is 3.21. The summed E-state index contributed by atoms with van der Waals surface area (Å²) in [6, 6.07) is 14.4. The van der Waals surface area contributed by atoms with Crippen LogP contribution in [-0.4, -0.2) is 23.7 Å². The SMILES string of the molecule is Cc1[nH]c2ccccc2c1/C=N/NC(=O)COc1ccc2c(C)cc(=O)oc2c1. The number of aryl methyl sites for hydroxylation is 2. The van der Waals surface area contributed by atoms with Gasteiger partial charge in [-0.15, -0.1) is 0 Å². The van der Waals surface area contributed by atoms with Crippen LogP contribution in [0.5, 0.6) is 5.75 Å². The predicted molar refractivity (Wildman–Crippen MR) is 111 cm³/mol. The number of aromatic amines is 1. The monoisotopic (exact) mass is 389 g/mol. The molecule has 0 radical (unpaired) electrons. The summed E-state index contributed by atoms with van der Waals surface area (Å²) in [4.78, 5) is 26.8. The number of ether oxygens (including phenoxy) is 1. The minimum Gasteiger partial charge on any atom is -0.484 e. The highest BCUT2D eigenvalue weighted by molar-refractivity contribution is 6.00. The molecule has 2 heterocycles. The van der Waals surface area contributed by atoms with Crippen molar-refractivity contribution in [2.45, 2.75) is 13.8 Å². The number of fused-ring (bicyclic) bond motifs is 2. The largest absolute Gasteiger partial charge is 0.484 e. The minimum atomic E-state index is -0.424. The van der Waals surface area contributed by atoms with E-state index in [1.165, 1.54) is 6.07 Å². The second-order valence-electron chi connectivity index (χ2n) is 6.70. The van der Waals surface area contributed by atoms with Crippen molar-refractivity contribution in [1.29, 1.82) is 0 Å². The molecule has 7 nitrogen and oxygen atoms in total. The molecule has 1 amide bonds. The summed E-state index contributed by atoms with van der Waals surface area (Å²) in [5.74, 6) is 0.0300. The number of para-hydroxylation sites is 1. The van der Waals surface area contributed by atoms with Gasteiger partial charge in [0.15, 0.2) is 6.61 Å². The Morgan fingerprint density at radius 1 is 1.17 bits per heavy atom. The summed E-state index contributed by atoms with van der Waals surface area (Å²) in [5.41, 5.74) is 6.17. The zero-order valence-corrected chi connectivity index (χ0v) is 16.0. The van der Waals surface area contributed by atoms with Crippen LogP contribution in [0.3, 0.4) is 0 Å². The maximum atomic E-state index is 12.0. The van der Waals surface area contributed by atoms with Crippen LogP contribution in [0.15, 0.2) is 62.8 Å². The molecule has 4 rings (SSSR count). The number of benzene rings is 2. The number of nitrogens with zero attached hydrogens (tertiary/aromatic N) is 1. The number of H-pyrrole nitrogens is 1. The van der Waals surface area contributed by atoms with E-state index in [0.29, 0.717) is 11.3 Å². The Balaban J connectivity index is 1.40. The molecule has 0 saturated carbocycles. The second kappa shape index (κ2) is 7.63. The number of carbonyl (C=O) groups is 1. The number of rotatable bonds is 5. The first-order valence-corrected chi connectivity index (χ1v) is 9.08. The molecule has 0 aliphatic carbocycles. The van der Waals surface area contributed by atoms with Gasteiger partial charge in [-0.3, -0.25) is 4.79 Å². The zero-order valence-electron chi connectivity index (χ0n) is 16.0. The first kappa shape index (κ1) is 18.5. The van der Waals surface area contributed by atoms with Crippen molar-refractivity contribution >= 4 is 34.0 Å². The Morgan fingerprint density at radius 3 is 2.86 bits per heavy atom. The molecular formula is C22H19N3O4. The molecule has 0 bridgehead atoms. The molecule has 2 N–H and O–H groups in total. The van der Waals surface area contributed by atoms with E-state index in [-0.39, 0.29) is 6.61 Å². The normalized spacial score (nSPS) is 11.4. The number of hydrazone groups is 1. The van der Waals surface area contributed by atoms with Crippen molar-refractivity contribution in [2.75, 3.05) is 6.61 Å². The molecule has 2 aromatic heterocycles. The van der Waals surface area contributed by atoms with E-state index in [0.717, 1.165) is 33.1 Å². The Morgan fingerprint density at radius 2 is 2.00 bits per heavy atom. The molecule has 0 spiro atoms. The summed E-state index contributed by atoms with van der Waals surface area (Å²) in [5, 5.41) is 5.88. The van der Waals surface area contributed by atoms with E-state index in [1.807, 2.05) is 38.1 Å². The molecule has 0 saturated heterocycles. The van der Waals surface area contributed by atoms with Crippen molar-refractivity contribution in [3.63, 3.8) is 0 Å². The molecule has 0 atom stereocenters.